The van der Waals surface area contributed by atoms with Crippen LogP contribution in [-0.2, 0) is 11.3 Å². The number of aromatic nitrogens is 2. The van der Waals surface area contributed by atoms with Crippen molar-refractivity contribution in [2.45, 2.75) is 19.9 Å². The third kappa shape index (κ3) is 3.89. The highest BCUT2D eigenvalue weighted by Gasteiger charge is 2.26. The van der Waals surface area contributed by atoms with E-state index in [1.54, 1.807) is 4.90 Å². The van der Waals surface area contributed by atoms with E-state index in [0.29, 0.717) is 11.6 Å². The molecule has 3 aromatic rings. The summed E-state index contributed by atoms with van der Waals surface area (Å²) in [6.45, 7) is 7.51. The molecule has 8 heteroatoms. The Kier molecular flexibility index (Phi) is 5.56. The number of benzene rings is 1. The van der Waals surface area contributed by atoms with Crippen LogP contribution in [0, 0.1) is 0 Å². The van der Waals surface area contributed by atoms with Crippen LogP contribution in [0.2, 0.25) is 5.02 Å². The molecule has 2 aliphatic heterocycles. The molecule has 162 valence electrons. The van der Waals surface area contributed by atoms with Gasteiger partial charge in [-0.05, 0) is 56.8 Å². The van der Waals surface area contributed by atoms with Gasteiger partial charge in [-0.3, -0.25) is 9.69 Å². The second-order valence-electron chi connectivity index (χ2n) is 7.97. The summed E-state index contributed by atoms with van der Waals surface area (Å²) in [4.78, 5) is 21.5. The van der Waals surface area contributed by atoms with Crippen molar-refractivity contribution in [1.29, 1.82) is 0 Å². The third-order valence-corrected chi connectivity index (χ3v) is 6.20. The first-order valence-corrected chi connectivity index (χ1v) is 11.2. The average molecular weight is 440 g/mol. The minimum atomic E-state index is -0.0220. The number of carbonyl (C=O) groups excluding carboxylic acids is 1. The smallest absolute Gasteiger partial charge is 0.265 e. The maximum Gasteiger partial charge on any atom is 0.265 e. The van der Waals surface area contributed by atoms with Crippen molar-refractivity contribution in [3.8, 4) is 17.0 Å². The Hall–Kier alpha value is -2.61. The van der Waals surface area contributed by atoms with E-state index in [1.165, 1.54) is 0 Å². The number of hydrogen-bond donors (Lipinski definition) is 1. The molecule has 0 bridgehead atoms. The van der Waals surface area contributed by atoms with E-state index in [4.69, 9.17) is 21.3 Å². The number of nitrogens with zero attached hydrogens (tertiary/aromatic N) is 4. The molecule has 1 fully saturated rings. The summed E-state index contributed by atoms with van der Waals surface area (Å²) in [7, 11) is 0. The van der Waals surface area contributed by atoms with E-state index < -0.39 is 0 Å². The number of ether oxygens (including phenoxy) is 1. The summed E-state index contributed by atoms with van der Waals surface area (Å²) in [5, 5.41) is 4.14. The first kappa shape index (κ1) is 20.3. The van der Waals surface area contributed by atoms with Crippen molar-refractivity contribution in [3.05, 3.63) is 47.2 Å². The molecule has 1 N–H and O–H groups in total. The molecule has 0 atom stereocenters. The number of fused-ring (bicyclic) bond motifs is 2. The predicted octanol–water partition coefficient (Wildman–Crippen LogP) is 3.20. The number of likely N-dealkylation sites (N-methyl/N-ethyl adjacent to an activating group) is 1. The molecule has 1 amide bonds. The van der Waals surface area contributed by atoms with E-state index >= 15 is 0 Å². The Morgan fingerprint density at radius 1 is 1.19 bits per heavy atom. The highest BCUT2D eigenvalue weighted by molar-refractivity contribution is 6.30. The molecular weight excluding hydrogens is 414 g/mol. The van der Waals surface area contributed by atoms with Gasteiger partial charge in [0, 0.05) is 37.9 Å². The summed E-state index contributed by atoms with van der Waals surface area (Å²) < 4.78 is 7.74. The molecule has 0 spiro atoms. The van der Waals surface area contributed by atoms with E-state index in [-0.39, 0.29) is 12.5 Å². The van der Waals surface area contributed by atoms with Crippen molar-refractivity contribution >= 4 is 28.8 Å². The van der Waals surface area contributed by atoms with Crippen molar-refractivity contribution in [1.82, 2.24) is 19.6 Å². The molecule has 1 aromatic carbocycles. The van der Waals surface area contributed by atoms with Crippen LogP contribution in [-0.4, -0.2) is 59.5 Å². The fourth-order valence-corrected chi connectivity index (χ4v) is 4.58. The van der Waals surface area contributed by atoms with E-state index in [9.17, 15) is 4.79 Å². The maximum absolute atomic E-state index is 12.3. The number of imidazole rings is 1. The van der Waals surface area contributed by atoms with Gasteiger partial charge in [0.2, 0.25) is 0 Å². The van der Waals surface area contributed by atoms with Gasteiger partial charge in [-0.15, -0.1) is 0 Å². The van der Waals surface area contributed by atoms with Gasteiger partial charge in [0.15, 0.2) is 6.61 Å². The fraction of sp³-hybridized carbons (Fsp3) is 0.391. The van der Waals surface area contributed by atoms with Crippen LogP contribution in [0.25, 0.3) is 16.9 Å². The normalized spacial score (nSPS) is 17.5. The van der Waals surface area contributed by atoms with Crippen molar-refractivity contribution in [2.75, 3.05) is 44.2 Å². The number of rotatable bonds is 4. The molecule has 1 saturated heterocycles. The molecule has 31 heavy (non-hydrogen) atoms. The van der Waals surface area contributed by atoms with Gasteiger partial charge in [-0.25, -0.2) is 4.98 Å². The first-order valence-electron chi connectivity index (χ1n) is 10.8. The molecule has 0 radical (unpaired) electrons. The van der Waals surface area contributed by atoms with Crippen molar-refractivity contribution in [2.24, 2.45) is 0 Å². The van der Waals surface area contributed by atoms with Gasteiger partial charge in [-0.2, -0.15) is 0 Å². The van der Waals surface area contributed by atoms with E-state index in [1.807, 2.05) is 43.5 Å². The largest absolute Gasteiger partial charge is 0.482 e. The van der Waals surface area contributed by atoms with Gasteiger partial charge >= 0.3 is 0 Å². The fourth-order valence-electron chi connectivity index (χ4n) is 4.42. The predicted molar refractivity (Wildman–Crippen MR) is 122 cm³/mol. The van der Waals surface area contributed by atoms with Gasteiger partial charge in [0.25, 0.3) is 5.91 Å². The molecule has 0 aliphatic carbocycles. The zero-order valence-corrected chi connectivity index (χ0v) is 18.4. The zero-order valence-electron chi connectivity index (χ0n) is 17.6. The number of hydrogen-bond acceptors (Lipinski definition) is 5. The molecule has 7 nitrogen and oxygen atoms in total. The van der Waals surface area contributed by atoms with Gasteiger partial charge in [0.05, 0.1) is 22.1 Å². The lowest BCUT2D eigenvalue weighted by atomic mass is 10.1. The van der Waals surface area contributed by atoms with Gasteiger partial charge < -0.3 is 19.4 Å². The van der Waals surface area contributed by atoms with E-state index in [0.717, 1.165) is 73.2 Å². The lowest BCUT2D eigenvalue weighted by Crippen LogP contribution is -2.38. The molecule has 4 heterocycles. The topological polar surface area (TPSA) is 62.1 Å². The number of pyridine rings is 1. The van der Waals surface area contributed by atoms with Gasteiger partial charge in [-0.1, -0.05) is 11.6 Å². The summed E-state index contributed by atoms with van der Waals surface area (Å²) in [6.07, 6.45) is 3.05. The summed E-state index contributed by atoms with van der Waals surface area (Å²) in [5.74, 6) is 0.711. The van der Waals surface area contributed by atoms with Crippen LogP contribution in [0.15, 0.2) is 36.5 Å². The van der Waals surface area contributed by atoms with Gasteiger partial charge in [0.1, 0.15) is 11.4 Å². The minimum absolute atomic E-state index is 0.0220. The number of halogens is 1. The van der Waals surface area contributed by atoms with Crippen LogP contribution in [0.4, 0.5) is 5.69 Å². The molecule has 0 unspecified atom stereocenters. The SMILES string of the molecule is CCN1C(=O)COc2ccc(-c3nc4ccc(Cl)cn4c3CN3CCCNCC3)cc21. The number of carbonyl (C=O) groups is 1. The molecule has 2 aliphatic rings. The number of anilines is 1. The molecular formula is C23H26ClN5O2. The second-order valence-corrected chi connectivity index (χ2v) is 8.41. The Morgan fingerprint density at radius 3 is 2.97 bits per heavy atom. The summed E-state index contributed by atoms with van der Waals surface area (Å²) >= 11 is 6.33. The van der Waals surface area contributed by atoms with Crippen LogP contribution in [0.5, 0.6) is 5.75 Å². The van der Waals surface area contributed by atoms with Crippen molar-refractivity contribution in [3.63, 3.8) is 0 Å². The molecule has 0 saturated carbocycles. The standard InChI is InChI=1S/C23H26ClN5O2/c1-2-28-18-12-16(4-6-20(18)31-15-22(28)30)23-19(14-27-10-3-8-25-9-11-27)29-13-17(24)5-7-21(29)26-23/h4-7,12-13,25H,2-3,8-11,14-15H2,1H3. The zero-order chi connectivity index (χ0) is 21.4. The number of nitrogens with one attached hydrogen (secondary N) is 1. The van der Waals surface area contributed by atoms with E-state index in [2.05, 4.69) is 14.6 Å². The quantitative estimate of drug-likeness (QED) is 0.676. The number of amides is 1. The maximum atomic E-state index is 12.3. The summed E-state index contributed by atoms with van der Waals surface area (Å²) in [6, 6.07) is 9.80. The molecule has 5 rings (SSSR count). The Labute approximate surface area is 186 Å². The average Bonchev–Trinajstić information content (AvgIpc) is 2.94. The Bertz CT molecular complexity index is 1120. The third-order valence-electron chi connectivity index (χ3n) is 5.98. The Balaban J connectivity index is 1.61. The Morgan fingerprint density at radius 2 is 2.10 bits per heavy atom. The lowest BCUT2D eigenvalue weighted by Gasteiger charge is -2.28. The highest BCUT2D eigenvalue weighted by Crippen LogP contribution is 2.37. The summed E-state index contributed by atoms with van der Waals surface area (Å²) in [5.41, 5.74) is 4.65. The van der Waals surface area contributed by atoms with Crippen LogP contribution >= 0.6 is 11.6 Å². The van der Waals surface area contributed by atoms with Crippen LogP contribution < -0.4 is 15.0 Å². The minimum Gasteiger partial charge on any atom is -0.482 e. The van der Waals surface area contributed by atoms with Crippen LogP contribution in [0.1, 0.15) is 19.0 Å². The van der Waals surface area contributed by atoms with Crippen LogP contribution in [0.3, 0.4) is 0 Å². The highest BCUT2D eigenvalue weighted by atomic mass is 35.5. The van der Waals surface area contributed by atoms with Crippen molar-refractivity contribution < 1.29 is 9.53 Å². The first-order chi connectivity index (χ1) is 15.1. The lowest BCUT2D eigenvalue weighted by molar-refractivity contribution is -0.121. The monoisotopic (exact) mass is 439 g/mol. The molecule has 2 aromatic heterocycles. The second kappa shape index (κ2) is 8.49.